The lowest BCUT2D eigenvalue weighted by molar-refractivity contribution is 0.0690. The third-order valence-electron chi connectivity index (χ3n) is 3.03. The average Bonchev–Trinajstić information content (AvgIpc) is 2.88. The van der Waals surface area contributed by atoms with Gasteiger partial charge in [-0.05, 0) is 31.0 Å². The van der Waals surface area contributed by atoms with Crippen LogP contribution in [0.5, 0.6) is 0 Å². The van der Waals surface area contributed by atoms with Crippen LogP contribution < -0.4 is 0 Å². The minimum Gasteiger partial charge on any atom is -0.476 e. The summed E-state index contributed by atoms with van der Waals surface area (Å²) in [5.74, 6) is -1.36. The van der Waals surface area contributed by atoms with Gasteiger partial charge in [-0.1, -0.05) is 17.3 Å². The zero-order chi connectivity index (χ0) is 15.6. The Kier molecular flexibility index (Phi) is 4.08. The molecule has 0 unspecified atom stereocenters. The molecule has 0 atom stereocenters. The van der Waals surface area contributed by atoms with Crippen molar-refractivity contribution in [3.63, 3.8) is 0 Å². The molecule has 1 heterocycles. The van der Waals surface area contributed by atoms with E-state index in [-0.39, 0.29) is 18.0 Å². The molecule has 2 rings (SSSR count). The first-order valence-electron chi connectivity index (χ1n) is 6.23. The van der Waals surface area contributed by atoms with Crippen LogP contribution >= 0.6 is 0 Å². The Morgan fingerprint density at radius 3 is 2.67 bits per heavy atom. The quantitative estimate of drug-likeness (QED) is 0.886. The molecular weight excluding hydrogens is 294 g/mol. The standard InChI is InChI=1S/C13H15N3O4S/c1-9-3-4-10(2)12(7-9)21(19,20)6-5-16-8-11(13(17)18)14-15-16/h3-4,7-8H,5-6H2,1-2H3,(H,17,18). The van der Waals surface area contributed by atoms with Gasteiger partial charge in [0.1, 0.15) is 0 Å². The smallest absolute Gasteiger partial charge is 0.358 e. The molecule has 0 spiro atoms. The molecular formula is C13H15N3O4S. The van der Waals surface area contributed by atoms with Crippen LogP contribution in [-0.4, -0.2) is 40.2 Å². The predicted octanol–water partition coefficient (Wildman–Crippen LogP) is 1.07. The van der Waals surface area contributed by atoms with Crippen molar-refractivity contribution in [1.29, 1.82) is 0 Å². The number of rotatable bonds is 5. The third-order valence-corrected chi connectivity index (χ3v) is 4.86. The minimum atomic E-state index is -3.46. The molecule has 0 aliphatic heterocycles. The molecule has 0 bridgehead atoms. The van der Waals surface area contributed by atoms with Crippen LogP contribution in [0, 0.1) is 13.8 Å². The Hall–Kier alpha value is -2.22. The highest BCUT2D eigenvalue weighted by atomic mass is 32.2. The molecule has 1 aromatic carbocycles. The Balaban J connectivity index is 2.17. The largest absolute Gasteiger partial charge is 0.476 e. The number of nitrogens with zero attached hydrogens (tertiary/aromatic N) is 3. The molecule has 1 N–H and O–H groups in total. The number of aromatic carboxylic acids is 1. The zero-order valence-corrected chi connectivity index (χ0v) is 12.5. The highest BCUT2D eigenvalue weighted by Gasteiger charge is 2.18. The molecule has 0 amide bonds. The van der Waals surface area contributed by atoms with E-state index in [1.54, 1.807) is 19.1 Å². The van der Waals surface area contributed by atoms with E-state index in [9.17, 15) is 13.2 Å². The van der Waals surface area contributed by atoms with Crippen molar-refractivity contribution in [1.82, 2.24) is 15.0 Å². The van der Waals surface area contributed by atoms with E-state index in [0.717, 1.165) is 5.56 Å². The summed E-state index contributed by atoms with van der Waals surface area (Å²) in [6.45, 7) is 3.62. The van der Waals surface area contributed by atoms with Crippen molar-refractivity contribution in [3.05, 3.63) is 41.2 Å². The highest BCUT2D eigenvalue weighted by molar-refractivity contribution is 7.91. The van der Waals surface area contributed by atoms with Crippen LogP contribution in [0.3, 0.4) is 0 Å². The minimum absolute atomic E-state index is 0.0516. The first kappa shape index (κ1) is 15.2. The van der Waals surface area contributed by atoms with Gasteiger partial charge in [-0.25, -0.2) is 13.2 Å². The molecule has 0 aliphatic rings. The van der Waals surface area contributed by atoms with Crippen molar-refractivity contribution >= 4 is 15.8 Å². The molecule has 1 aromatic heterocycles. The van der Waals surface area contributed by atoms with E-state index < -0.39 is 15.8 Å². The van der Waals surface area contributed by atoms with Gasteiger partial charge < -0.3 is 5.11 Å². The summed E-state index contributed by atoms with van der Waals surface area (Å²) in [5, 5.41) is 15.8. The summed E-state index contributed by atoms with van der Waals surface area (Å²) in [5.41, 5.74) is 1.35. The lowest BCUT2D eigenvalue weighted by atomic mass is 10.2. The molecule has 0 aliphatic carbocycles. The fraction of sp³-hybridized carbons (Fsp3) is 0.308. The van der Waals surface area contributed by atoms with Crippen LogP contribution in [0.4, 0.5) is 0 Å². The molecule has 0 fully saturated rings. The first-order valence-corrected chi connectivity index (χ1v) is 7.88. The van der Waals surface area contributed by atoms with Gasteiger partial charge in [0.15, 0.2) is 15.5 Å². The van der Waals surface area contributed by atoms with Gasteiger partial charge >= 0.3 is 5.97 Å². The second kappa shape index (κ2) is 5.65. The maximum absolute atomic E-state index is 12.3. The molecule has 0 saturated heterocycles. The number of sulfone groups is 1. The number of hydrogen-bond donors (Lipinski definition) is 1. The highest BCUT2D eigenvalue weighted by Crippen LogP contribution is 2.18. The van der Waals surface area contributed by atoms with E-state index in [1.807, 2.05) is 13.0 Å². The topological polar surface area (TPSA) is 102 Å². The Labute approximate surface area is 122 Å². The second-order valence-corrected chi connectivity index (χ2v) is 6.84. The van der Waals surface area contributed by atoms with Gasteiger partial charge in [-0.3, -0.25) is 4.68 Å². The molecule has 7 nitrogen and oxygen atoms in total. The third kappa shape index (κ3) is 3.46. The Morgan fingerprint density at radius 1 is 1.33 bits per heavy atom. The Morgan fingerprint density at radius 2 is 2.05 bits per heavy atom. The lowest BCUT2D eigenvalue weighted by Gasteiger charge is -2.08. The number of aromatic nitrogens is 3. The van der Waals surface area contributed by atoms with Crippen molar-refractivity contribution in [3.8, 4) is 0 Å². The van der Waals surface area contributed by atoms with Crippen LogP contribution in [0.25, 0.3) is 0 Å². The van der Waals surface area contributed by atoms with Gasteiger partial charge in [-0.15, -0.1) is 5.10 Å². The maximum Gasteiger partial charge on any atom is 0.358 e. The van der Waals surface area contributed by atoms with Crippen LogP contribution in [0.2, 0.25) is 0 Å². The number of carboxylic acids is 1. The molecule has 8 heteroatoms. The van der Waals surface area contributed by atoms with Gasteiger partial charge in [0.05, 0.1) is 23.4 Å². The first-order chi connectivity index (χ1) is 9.79. The van der Waals surface area contributed by atoms with E-state index >= 15 is 0 Å². The van der Waals surface area contributed by atoms with Crippen molar-refractivity contribution in [2.24, 2.45) is 0 Å². The van der Waals surface area contributed by atoms with E-state index in [1.165, 1.54) is 10.9 Å². The fourth-order valence-corrected chi connectivity index (χ4v) is 3.44. The summed E-state index contributed by atoms with van der Waals surface area (Å²) in [6, 6.07) is 5.25. The molecule has 2 aromatic rings. The SMILES string of the molecule is Cc1ccc(C)c(S(=O)(=O)CCn2cc(C(=O)O)nn2)c1. The summed E-state index contributed by atoms with van der Waals surface area (Å²) in [6.07, 6.45) is 1.21. The van der Waals surface area contributed by atoms with Gasteiger partial charge in [-0.2, -0.15) is 0 Å². The Bertz CT molecular complexity index is 780. The predicted molar refractivity (Wildman–Crippen MR) is 75.0 cm³/mol. The lowest BCUT2D eigenvalue weighted by Crippen LogP contribution is -2.15. The number of carbonyl (C=O) groups is 1. The number of benzene rings is 1. The van der Waals surface area contributed by atoms with Crippen molar-refractivity contribution in [2.75, 3.05) is 5.75 Å². The fourth-order valence-electron chi connectivity index (χ4n) is 1.87. The van der Waals surface area contributed by atoms with E-state index in [2.05, 4.69) is 10.3 Å². The second-order valence-electron chi connectivity index (χ2n) is 4.76. The van der Waals surface area contributed by atoms with E-state index in [0.29, 0.717) is 10.5 Å². The van der Waals surface area contributed by atoms with Crippen LogP contribution in [0.15, 0.2) is 29.3 Å². The monoisotopic (exact) mass is 309 g/mol. The van der Waals surface area contributed by atoms with Crippen LogP contribution in [-0.2, 0) is 16.4 Å². The molecule has 0 radical (unpaired) electrons. The van der Waals surface area contributed by atoms with Crippen LogP contribution in [0.1, 0.15) is 21.6 Å². The van der Waals surface area contributed by atoms with Gasteiger partial charge in [0.25, 0.3) is 0 Å². The number of carboxylic acid groups (broad SMARTS) is 1. The summed E-state index contributed by atoms with van der Waals surface area (Å²) in [7, 11) is -3.46. The molecule has 0 saturated carbocycles. The molecule has 21 heavy (non-hydrogen) atoms. The molecule has 112 valence electrons. The van der Waals surface area contributed by atoms with Gasteiger partial charge in [0.2, 0.25) is 0 Å². The normalized spacial score (nSPS) is 11.5. The number of aryl methyl sites for hydroxylation is 3. The van der Waals surface area contributed by atoms with Crippen molar-refractivity contribution in [2.45, 2.75) is 25.3 Å². The van der Waals surface area contributed by atoms with Gasteiger partial charge in [0, 0.05) is 0 Å². The maximum atomic E-state index is 12.3. The summed E-state index contributed by atoms with van der Waals surface area (Å²) >= 11 is 0. The number of hydrogen-bond acceptors (Lipinski definition) is 5. The average molecular weight is 309 g/mol. The van der Waals surface area contributed by atoms with Crippen molar-refractivity contribution < 1.29 is 18.3 Å². The summed E-state index contributed by atoms with van der Waals surface area (Å²) in [4.78, 5) is 11.0. The summed E-state index contributed by atoms with van der Waals surface area (Å²) < 4.78 is 25.9. The van der Waals surface area contributed by atoms with E-state index in [4.69, 9.17) is 5.11 Å². The zero-order valence-electron chi connectivity index (χ0n) is 11.6.